The molecule has 10 heteroatoms. The van der Waals surface area contributed by atoms with Gasteiger partial charge in [-0.05, 0) is 130 Å². The molecule has 0 spiro atoms. The van der Waals surface area contributed by atoms with E-state index in [9.17, 15) is 19.8 Å². The van der Waals surface area contributed by atoms with E-state index in [-0.39, 0.29) is 46.2 Å². The molecule has 3 aliphatic heterocycles. The van der Waals surface area contributed by atoms with Crippen molar-refractivity contribution in [3.05, 3.63) is 68.8 Å². The maximum absolute atomic E-state index is 13.0. The minimum absolute atomic E-state index is 0.00490. The Morgan fingerprint density at radius 2 is 1.20 bits per heavy atom. The molecule has 0 amide bonds. The molecular weight excluding hydrogens is 799 g/mol. The SMILES string of the molecule is CC(C)(Cl)Cl.CCCCCc1cc2c(c(O)c1C(=O)O)[C@@H]1C=C(C)CC[C@H]1C(C)(C)O2.CCCCCc1cc2c(c3c1C(=O)OC(C)(C)O3)[C@@H]1C=C(C)CC[C@H]1C(C)(C)O2. The summed E-state index contributed by atoms with van der Waals surface area (Å²) in [7, 11) is 0. The summed E-state index contributed by atoms with van der Waals surface area (Å²) in [6.07, 6.45) is 16.5. The van der Waals surface area contributed by atoms with Gasteiger partial charge in [-0.1, -0.05) is 62.8 Å². The van der Waals surface area contributed by atoms with Crippen LogP contribution in [-0.2, 0) is 17.6 Å². The number of phenols is 1. The number of fused-ring (bicyclic) bond motifs is 8. The second-order valence-electron chi connectivity index (χ2n) is 19.5. The maximum atomic E-state index is 13.0. The van der Waals surface area contributed by atoms with E-state index < -0.39 is 16.1 Å². The van der Waals surface area contributed by atoms with Crippen LogP contribution in [0.3, 0.4) is 0 Å². The molecule has 3 heterocycles. The van der Waals surface area contributed by atoms with Crippen molar-refractivity contribution in [3.8, 4) is 23.0 Å². The number of unbranched alkanes of at least 4 members (excludes halogenated alkanes) is 4. The molecule has 0 aromatic heterocycles. The van der Waals surface area contributed by atoms with E-state index in [4.69, 9.17) is 42.1 Å². The average Bonchev–Trinajstić information content (AvgIpc) is 3.09. The quantitative estimate of drug-likeness (QED) is 0.111. The third-order valence-electron chi connectivity index (χ3n) is 12.6. The lowest BCUT2D eigenvalue weighted by Crippen LogP contribution is -2.46. The Balaban J connectivity index is 0.000000206. The summed E-state index contributed by atoms with van der Waals surface area (Å²) >= 11 is 10.6. The van der Waals surface area contributed by atoms with Gasteiger partial charge in [-0.2, -0.15) is 0 Å². The first-order chi connectivity index (χ1) is 27.9. The number of hydrogen-bond donors (Lipinski definition) is 2. The Morgan fingerprint density at radius 1 is 0.750 bits per heavy atom. The number of halogens is 2. The van der Waals surface area contributed by atoms with Crippen LogP contribution in [0.4, 0.5) is 0 Å². The van der Waals surface area contributed by atoms with Crippen LogP contribution in [0.15, 0.2) is 35.4 Å². The number of rotatable bonds is 9. The zero-order valence-corrected chi connectivity index (χ0v) is 39.7. The normalized spacial score (nSPS) is 23.8. The van der Waals surface area contributed by atoms with Gasteiger partial charge in [0.2, 0.25) is 5.79 Å². The number of allylic oxidation sites excluding steroid dienone is 4. The maximum Gasteiger partial charge on any atom is 0.345 e. The van der Waals surface area contributed by atoms with Crippen LogP contribution in [0.5, 0.6) is 23.0 Å². The highest BCUT2D eigenvalue weighted by Crippen LogP contribution is 2.57. The monoisotopic (exact) mass is 868 g/mol. The zero-order chi connectivity index (χ0) is 44.5. The van der Waals surface area contributed by atoms with Gasteiger partial charge >= 0.3 is 11.9 Å². The van der Waals surface area contributed by atoms with Gasteiger partial charge < -0.3 is 29.2 Å². The number of esters is 1. The minimum Gasteiger partial charge on any atom is -0.507 e. The van der Waals surface area contributed by atoms with E-state index >= 15 is 0 Å². The molecule has 2 N–H and O–H groups in total. The van der Waals surface area contributed by atoms with Gasteiger partial charge in [0, 0.05) is 48.6 Å². The van der Waals surface area contributed by atoms with Gasteiger partial charge in [0.15, 0.2) is 0 Å². The summed E-state index contributed by atoms with van der Waals surface area (Å²) in [6.45, 7) is 24.2. The molecule has 60 heavy (non-hydrogen) atoms. The second kappa shape index (κ2) is 18.5. The third-order valence-corrected chi connectivity index (χ3v) is 12.6. The lowest BCUT2D eigenvalue weighted by Gasteiger charge is -2.48. The fourth-order valence-corrected chi connectivity index (χ4v) is 9.84. The van der Waals surface area contributed by atoms with Crippen LogP contribution >= 0.6 is 23.2 Å². The Bertz CT molecular complexity index is 1980. The summed E-state index contributed by atoms with van der Waals surface area (Å²) in [5.74, 6) is 0.593. The van der Waals surface area contributed by atoms with Crippen molar-refractivity contribution >= 4 is 35.1 Å². The predicted molar refractivity (Wildman–Crippen MR) is 242 cm³/mol. The Labute approximate surface area is 369 Å². The van der Waals surface area contributed by atoms with E-state index in [0.29, 0.717) is 40.5 Å². The van der Waals surface area contributed by atoms with Gasteiger partial charge in [0.1, 0.15) is 49.7 Å². The highest BCUT2D eigenvalue weighted by atomic mass is 35.5. The summed E-state index contributed by atoms with van der Waals surface area (Å²) in [6, 6.07) is 3.95. The van der Waals surface area contributed by atoms with Crippen LogP contribution < -0.4 is 14.2 Å². The second-order valence-corrected chi connectivity index (χ2v) is 21.6. The van der Waals surface area contributed by atoms with Gasteiger partial charge in [0.25, 0.3) is 0 Å². The first-order valence-electron chi connectivity index (χ1n) is 22.2. The topological polar surface area (TPSA) is 112 Å². The molecule has 5 aliphatic rings. The summed E-state index contributed by atoms with van der Waals surface area (Å²) < 4.78 is 24.3. The number of ether oxygens (including phenoxy) is 4. The molecule has 0 bridgehead atoms. The number of carboxylic acid groups (broad SMARTS) is 1. The van der Waals surface area contributed by atoms with Crippen molar-refractivity contribution in [1.29, 1.82) is 0 Å². The van der Waals surface area contributed by atoms with Crippen molar-refractivity contribution in [2.45, 2.75) is 193 Å². The van der Waals surface area contributed by atoms with Crippen LogP contribution in [0.2, 0.25) is 0 Å². The molecule has 0 saturated heterocycles. The van der Waals surface area contributed by atoms with E-state index in [1.54, 1.807) is 27.7 Å². The van der Waals surface area contributed by atoms with E-state index in [1.807, 2.05) is 6.07 Å². The van der Waals surface area contributed by atoms with Crippen LogP contribution in [0.1, 0.15) is 202 Å². The van der Waals surface area contributed by atoms with Crippen LogP contribution in [0, 0.1) is 11.8 Å². The van der Waals surface area contributed by atoms with Gasteiger partial charge in [-0.15, -0.1) is 23.2 Å². The average molecular weight is 870 g/mol. The number of hydrogen-bond acceptors (Lipinski definition) is 7. The summed E-state index contributed by atoms with van der Waals surface area (Å²) in [5, 5.41) is 20.7. The molecule has 0 unspecified atom stereocenters. The standard InChI is InChI=1S/C25H34O4.C22H30O4.C3H6Cl2/c1-7-8-9-10-16-14-19-21(22-20(16)23(26)29-25(5,6)28-22)17-13-15(2)11-12-18(17)24(3,4)27-19;1-5-6-7-8-14-12-17-19(20(23)18(14)21(24)25)15-11-13(2)9-10-16(15)22(3,4)26-17;1-3(2,4)5/h13-14,17-18H,7-12H2,1-6H3;11-12,15-16,23H,5-10H2,1-4H3,(H,24,25);1-2H3/t17-,18-;15-,16-;/m11./s1. The fraction of sp³-hybridized carbons (Fsp3) is 0.640. The molecule has 7 rings (SSSR count). The molecule has 4 atom stereocenters. The summed E-state index contributed by atoms with van der Waals surface area (Å²) in [4.78, 5) is 24.9. The first kappa shape index (κ1) is 47.7. The molecule has 0 fully saturated rings. The number of benzene rings is 2. The van der Waals surface area contributed by atoms with Gasteiger partial charge in [0.05, 0.1) is 0 Å². The molecule has 2 aromatic rings. The Kier molecular flexibility index (Phi) is 14.7. The van der Waals surface area contributed by atoms with E-state index in [0.717, 1.165) is 87.5 Å². The van der Waals surface area contributed by atoms with Crippen LogP contribution in [-0.4, -0.2) is 43.5 Å². The highest BCUT2D eigenvalue weighted by Gasteiger charge is 2.49. The molecule has 8 nitrogen and oxygen atoms in total. The number of carbonyl (C=O) groups excluding carboxylic acids is 1. The molecular formula is C50H70Cl2O8. The number of alkyl halides is 2. The van der Waals surface area contributed by atoms with Crippen molar-refractivity contribution in [2.75, 3.05) is 0 Å². The number of aromatic carboxylic acids is 1. The number of carboxylic acids is 1. The van der Waals surface area contributed by atoms with Gasteiger partial charge in [-0.3, -0.25) is 0 Å². The number of aromatic hydroxyl groups is 1. The largest absolute Gasteiger partial charge is 0.507 e. The predicted octanol–water partition coefficient (Wildman–Crippen LogP) is 13.9. The molecule has 0 saturated carbocycles. The lowest BCUT2D eigenvalue weighted by molar-refractivity contribution is -0.128. The van der Waals surface area contributed by atoms with E-state index in [2.05, 4.69) is 73.6 Å². The zero-order valence-electron chi connectivity index (χ0n) is 38.2. The van der Waals surface area contributed by atoms with Crippen molar-refractivity contribution in [1.82, 2.24) is 0 Å². The first-order valence-corrected chi connectivity index (χ1v) is 23.0. The third kappa shape index (κ3) is 10.8. The lowest BCUT2D eigenvalue weighted by atomic mass is 9.67. The molecule has 0 radical (unpaired) electrons. The Morgan fingerprint density at radius 3 is 1.68 bits per heavy atom. The smallest absolute Gasteiger partial charge is 0.345 e. The summed E-state index contributed by atoms with van der Waals surface area (Å²) in [5.41, 5.74) is 6.10. The highest BCUT2D eigenvalue weighted by molar-refractivity contribution is 6.47. The fourth-order valence-electron chi connectivity index (χ4n) is 9.84. The van der Waals surface area contributed by atoms with Crippen LogP contribution in [0.25, 0.3) is 0 Å². The van der Waals surface area contributed by atoms with Crippen molar-refractivity contribution in [2.24, 2.45) is 11.8 Å². The molecule has 2 aromatic carbocycles. The van der Waals surface area contributed by atoms with Crippen molar-refractivity contribution in [3.63, 3.8) is 0 Å². The number of cyclic esters (lactones) is 1. The minimum atomic E-state index is -1.06. The number of carbonyl (C=O) groups is 2. The molecule has 2 aliphatic carbocycles. The van der Waals surface area contributed by atoms with Crippen molar-refractivity contribution < 1.29 is 38.7 Å². The Hall–Kier alpha value is -3.36. The number of aryl methyl sites for hydroxylation is 2. The van der Waals surface area contributed by atoms with E-state index in [1.165, 1.54) is 11.1 Å². The molecule has 332 valence electrons. The van der Waals surface area contributed by atoms with Gasteiger partial charge in [-0.25, -0.2) is 9.59 Å².